The van der Waals surface area contributed by atoms with E-state index in [4.69, 9.17) is 16.9 Å². The topological polar surface area (TPSA) is 47.3 Å². The minimum atomic E-state index is -0.361. The van der Waals surface area contributed by atoms with Gasteiger partial charge in [-0.1, -0.05) is 11.6 Å². The van der Waals surface area contributed by atoms with Gasteiger partial charge in [0.25, 0.3) is 0 Å². The molecule has 84 valence electrons. The molecule has 0 spiro atoms. The summed E-state index contributed by atoms with van der Waals surface area (Å²) in [6, 6.07) is 5.73. The SMILES string of the molecule is C[C@H](O)CN1CCc2c1ccc(C#N)c2Cl. The highest BCUT2D eigenvalue weighted by Crippen LogP contribution is 2.35. The van der Waals surface area contributed by atoms with Crippen molar-refractivity contribution in [3.05, 3.63) is 28.3 Å². The Hall–Kier alpha value is -1.24. The van der Waals surface area contributed by atoms with Gasteiger partial charge in [-0.05, 0) is 31.0 Å². The van der Waals surface area contributed by atoms with Crippen LogP contribution in [0.1, 0.15) is 18.1 Å². The monoisotopic (exact) mass is 236 g/mol. The van der Waals surface area contributed by atoms with Gasteiger partial charge in [0.2, 0.25) is 0 Å². The highest BCUT2D eigenvalue weighted by molar-refractivity contribution is 6.33. The number of fused-ring (bicyclic) bond motifs is 1. The first kappa shape index (κ1) is 11.3. The van der Waals surface area contributed by atoms with Crippen LogP contribution in [0.2, 0.25) is 5.02 Å². The van der Waals surface area contributed by atoms with Crippen molar-refractivity contribution in [3.63, 3.8) is 0 Å². The van der Waals surface area contributed by atoms with E-state index in [0.717, 1.165) is 24.2 Å². The van der Waals surface area contributed by atoms with Crippen molar-refractivity contribution < 1.29 is 5.11 Å². The lowest BCUT2D eigenvalue weighted by Gasteiger charge is -2.21. The molecule has 0 aromatic heterocycles. The van der Waals surface area contributed by atoms with Gasteiger partial charge in [-0.3, -0.25) is 0 Å². The van der Waals surface area contributed by atoms with Crippen molar-refractivity contribution >= 4 is 17.3 Å². The van der Waals surface area contributed by atoms with Gasteiger partial charge in [0.05, 0.1) is 16.7 Å². The maximum absolute atomic E-state index is 9.38. The first-order valence-electron chi connectivity index (χ1n) is 5.28. The summed E-state index contributed by atoms with van der Waals surface area (Å²) in [5, 5.41) is 18.8. The van der Waals surface area contributed by atoms with Crippen molar-refractivity contribution in [2.75, 3.05) is 18.0 Å². The Balaban J connectivity index is 2.36. The molecule has 1 N–H and O–H groups in total. The Labute approximate surface area is 99.9 Å². The number of β-amino-alcohol motifs (C(OH)–C–C–N with tert-alkyl or cyclic N) is 1. The van der Waals surface area contributed by atoms with E-state index in [9.17, 15) is 5.11 Å². The molecule has 0 aliphatic carbocycles. The molecule has 3 nitrogen and oxygen atoms in total. The fourth-order valence-corrected chi connectivity index (χ4v) is 2.40. The van der Waals surface area contributed by atoms with E-state index in [0.29, 0.717) is 17.1 Å². The smallest absolute Gasteiger partial charge is 0.101 e. The fraction of sp³-hybridized carbons (Fsp3) is 0.417. The molecule has 1 aromatic carbocycles. The van der Waals surface area contributed by atoms with Crippen LogP contribution >= 0.6 is 11.6 Å². The maximum Gasteiger partial charge on any atom is 0.101 e. The second-order valence-corrected chi connectivity index (χ2v) is 4.46. The molecule has 0 saturated heterocycles. The molecule has 0 unspecified atom stereocenters. The molecule has 0 amide bonds. The fourth-order valence-electron chi connectivity index (χ4n) is 2.11. The van der Waals surface area contributed by atoms with Crippen LogP contribution in [0.25, 0.3) is 0 Å². The largest absolute Gasteiger partial charge is 0.392 e. The third kappa shape index (κ3) is 1.87. The average Bonchev–Trinajstić information content (AvgIpc) is 2.62. The van der Waals surface area contributed by atoms with Crippen LogP contribution in [-0.2, 0) is 6.42 Å². The summed E-state index contributed by atoms with van der Waals surface area (Å²) in [4.78, 5) is 2.10. The van der Waals surface area contributed by atoms with E-state index >= 15 is 0 Å². The highest BCUT2D eigenvalue weighted by atomic mass is 35.5. The second kappa shape index (κ2) is 4.32. The summed E-state index contributed by atoms with van der Waals surface area (Å²) in [6.45, 7) is 3.23. The quantitative estimate of drug-likeness (QED) is 0.854. The number of hydrogen-bond donors (Lipinski definition) is 1. The molecule has 0 radical (unpaired) electrons. The molecule has 1 aromatic rings. The zero-order valence-corrected chi connectivity index (χ0v) is 9.83. The number of aliphatic hydroxyl groups is 1. The molecule has 1 heterocycles. The van der Waals surface area contributed by atoms with Crippen LogP contribution in [0.3, 0.4) is 0 Å². The molecule has 0 fully saturated rings. The molecule has 1 aliphatic rings. The number of anilines is 1. The lowest BCUT2D eigenvalue weighted by atomic mass is 10.1. The summed E-state index contributed by atoms with van der Waals surface area (Å²) in [5.74, 6) is 0. The predicted octanol–water partition coefficient (Wildman–Crippen LogP) is 1.95. The van der Waals surface area contributed by atoms with E-state index < -0.39 is 0 Å². The number of aliphatic hydroxyl groups excluding tert-OH is 1. The van der Waals surface area contributed by atoms with Crippen molar-refractivity contribution in [1.29, 1.82) is 5.26 Å². The Morgan fingerprint density at radius 2 is 2.38 bits per heavy atom. The molecule has 0 bridgehead atoms. The number of nitriles is 1. The molecule has 0 saturated carbocycles. The van der Waals surface area contributed by atoms with Crippen molar-refractivity contribution in [2.24, 2.45) is 0 Å². The van der Waals surface area contributed by atoms with Crippen LogP contribution in [0.15, 0.2) is 12.1 Å². The maximum atomic E-state index is 9.38. The zero-order chi connectivity index (χ0) is 11.7. The Morgan fingerprint density at radius 1 is 1.62 bits per heavy atom. The summed E-state index contributed by atoms with van der Waals surface area (Å²) in [5.41, 5.74) is 2.60. The van der Waals surface area contributed by atoms with E-state index in [-0.39, 0.29) is 6.10 Å². The molecule has 1 aliphatic heterocycles. The Morgan fingerprint density at radius 3 is 3.00 bits per heavy atom. The van der Waals surface area contributed by atoms with Crippen molar-refractivity contribution in [2.45, 2.75) is 19.4 Å². The molecule has 16 heavy (non-hydrogen) atoms. The Kier molecular flexibility index (Phi) is 3.04. The molecule has 4 heteroatoms. The average molecular weight is 237 g/mol. The van der Waals surface area contributed by atoms with Crippen molar-refractivity contribution in [1.82, 2.24) is 0 Å². The number of nitrogens with zero attached hydrogens (tertiary/aromatic N) is 2. The van der Waals surface area contributed by atoms with Crippen LogP contribution in [0.4, 0.5) is 5.69 Å². The van der Waals surface area contributed by atoms with Gasteiger partial charge < -0.3 is 10.0 Å². The van der Waals surface area contributed by atoms with Gasteiger partial charge >= 0.3 is 0 Å². The Bertz CT molecular complexity index is 451. The van der Waals surface area contributed by atoms with Gasteiger partial charge in [0.15, 0.2) is 0 Å². The molecule has 1 atom stereocenters. The van der Waals surface area contributed by atoms with Gasteiger partial charge in [0.1, 0.15) is 6.07 Å². The van der Waals surface area contributed by atoms with Crippen LogP contribution < -0.4 is 4.90 Å². The third-order valence-electron chi connectivity index (χ3n) is 2.80. The van der Waals surface area contributed by atoms with Gasteiger partial charge in [-0.15, -0.1) is 0 Å². The minimum absolute atomic E-state index is 0.361. The molecule has 2 rings (SSSR count). The first-order valence-corrected chi connectivity index (χ1v) is 5.65. The standard InChI is InChI=1S/C12H13ClN2O/c1-8(16)7-15-5-4-10-11(15)3-2-9(6-14)12(10)13/h2-3,8,16H,4-5,7H2,1H3/t8-/m0/s1. The van der Waals surface area contributed by atoms with Gasteiger partial charge in [0, 0.05) is 18.8 Å². The minimum Gasteiger partial charge on any atom is -0.392 e. The van der Waals surface area contributed by atoms with Gasteiger partial charge in [-0.25, -0.2) is 0 Å². The van der Waals surface area contributed by atoms with Gasteiger partial charge in [-0.2, -0.15) is 5.26 Å². The highest BCUT2D eigenvalue weighted by Gasteiger charge is 2.23. The summed E-state index contributed by atoms with van der Waals surface area (Å²) in [6.07, 6.45) is 0.483. The lowest BCUT2D eigenvalue weighted by molar-refractivity contribution is 0.200. The lowest BCUT2D eigenvalue weighted by Crippen LogP contribution is -2.29. The van der Waals surface area contributed by atoms with Crippen LogP contribution in [0, 0.1) is 11.3 Å². The molecular formula is C12H13ClN2O. The molecular weight excluding hydrogens is 224 g/mol. The number of hydrogen-bond acceptors (Lipinski definition) is 3. The number of benzene rings is 1. The predicted molar refractivity (Wildman–Crippen MR) is 63.8 cm³/mol. The van der Waals surface area contributed by atoms with E-state index in [1.807, 2.05) is 6.07 Å². The normalized spacial score (nSPS) is 15.8. The van der Waals surface area contributed by atoms with E-state index in [1.54, 1.807) is 13.0 Å². The summed E-state index contributed by atoms with van der Waals surface area (Å²) >= 11 is 6.14. The summed E-state index contributed by atoms with van der Waals surface area (Å²) in [7, 11) is 0. The van der Waals surface area contributed by atoms with Crippen molar-refractivity contribution in [3.8, 4) is 6.07 Å². The van der Waals surface area contributed by atoms with E-state index in [1.165, 1.54) is 0 Å². The number of rotatable bonds is 2. The summed E-state index contributed by atoms with van der Waals surface area (Å²) < 4.78 is 0. The second-order valence-electron chi connectivity index (χ2n) is 4.08. The first-order chi connectivity index (χ1) is 7.63. The van der Waals surface area contributed by atoms with Crippen LogP contribution in [0.5, 0.6) is 0 Å². The zero-order valence-electron chi connectivity index (χ0n) is 9.07. The number of halogens is 1. The third-order valence-corrected chi connectivity index (χ3v) is 3.23. The van der Waals surface area contributed by atoms with Crippen LogP contribution in [-0.4, -0.2) is 24.3 Å². The van der Waals surface area contributed by atoms with E-state index in [2.05, 4.69) is 11.0 Å².